The molecule has 3 N–H and O–H groups in total. The summed E-state index contributed by atoms with van der Waals surface area (Å²) in [6, 6.07) is 12.6. The van der Waals surface area contributed by atoms with Crippen LogP contribution in [0.25, 0.3) is 33.5 Å². The van der Waals surface area contributed by atoms with Gasteiger partial charge in [0.05, 0.1) is 40.9 Å². The van der Waals surface area contributed by atoms with Gasteiger partial charge in [-0.3, -0.25) is 9.48 Å². The van der Waals surface area contributed by atoms with Gasteiger partial charge >= 0.3 is 0 Å². The van der Waals surface area contributed by atoms with E-state index in [1.54, 1.807) is 7.11 Å². The van der Waals surface area contributed by atoms with Crippen LogP contribution in [0.2, 0.25) is 0 Å². The standard InChI is InChI=1S/C34H40N8O2/c1-18-11-23(18)16-41-28(13-20-7-6-8-24(31(20)41)36-26-17-39(3)38-19(26)2)33-37-25-12-22(14-29(44-5)32(25)40(33)4)34(43)42-15-21-9-10-27(42)30(21)35/h6-8,12-14,17-18,21,23,27,30,36H,9-11,15-16,35H2,1-5H3/t18?,21-,23?,27-,30-/m1/s1. The molecule has 3 aliphatic rings. The Morgan fingerprint density at radius 2 is 1.95 bits per heavy atom. The van der Waals surface area contributed by atoms with E-state index in [0.717, 1.165) is 76.5 Å². The molecule has 2 bridgehead atoms. The van der Waals surface area contributed by atoms with Gasteiger partial charge in [-0.25, -0.2) is 4.98 Å². The van der Waals surface area contributed by atoms with Crippen molar-refractivity contribution in [1.29, 1.82) is 0 Å². The molecular formula is C34H40N8O2. The van der Waals surface area contributed by atoms with Gasteiger partial charge in [-0.05, 0) is 68.2 Å². The van der Waals surface area contributed by atoms with E-state index in [9.17, 15) is 4.79 Å². The average Bonchev–Trinajstić information content (AvgIpc) is 3.43. The summed E-state index contributed by atoms with van der Waals surface area (Å²) in [5, 5.41) is 9.34. The summed E-state index contributed by atoms with van der Waals surface area (Å²) in [4.78, 5) is 20.9. The van der Waals surface area contributed by atoms with E-state index in [2.05, 4.69) is 50.7 Å². The lowest BCUT2D eigenvalue weighted by Gasteiger charge is -2.27. The topological polar surface area (TPSA) is 108 Å². The van der Waals surface area contributed by atoms with E-state index < -0.39 is 0 Å². The van der Waals surface area contributed by atoms with Crippen LogP contribution >= 0.6 is 0 Å². The molecule has 10 nitrogen and oxygen atoms in total. The van der Waals surface area contributed by atoms with Crippen molar-refractivity contribution in [2.45, 2.75) is 51.7 Å². The largest absolute Gasteiger partial charge is 0.494 e. The van der Waals surface area contributed by atoms with Crippen molar-refractivity contribution in [3.63, 3.8) is 0 Å². The summed E-state index contributed by atoms with van der Waals surface area (Å²) in [6.45, 7) is 5.98. The van der Waals surface area contributed by atoms with Gasteiger partial charge < -0.3 is 29.8 Å². The number of rotatable bonds is 7. The molecule has 3 aromatic heterocycles. The van der Waals surface area contributed by atoms with E-state index in [4.69, 9.17) is 15.5 Å². The van der Waals surface area contributed by atoms with E-state index in [-0.39, 0.29) is 18.0 Å². The number of nitrogens with one attached hydrogen (secondary N) is 1. The van der Waals surface area contributed by atoms with E-state index >= 15 is 0 Å². The monoisotopic (exact) mass is 592 g/mol. The highest BCUT2D eigenvalue weighted by atomic mass is 16.5. The van der Waals surface area contributed by atoms with Gasteiger partial charge in [-0.2, -0.15) is 5.10 Å². The molecule has 0 radical (unpaired) electrons. The minimum absolute atomic E-state index is 0.0123. The van der Waals surface area contributed by atoms with Crippen molar-refractivity contribution < 1.29 is 9.53 Å². The third-order valence-electron chi connectivity index (χ3n) is 10.4. The van der Waals surface area contributed by atoms with Crippen molar-refractivity contribution in [2.24, 2.45) is 37.6 Å². The third-order valence-corrected chi connectivity index (χ3v) is 10.4. The van der Waals surface area contributed by atoms with E-state index in [1.165, 1.54) is 6.42 Å². The molecule has 5 atom stereocenters. The molecule has 1 aliphatic heterocycles. The number of hydrogen-bond donors (Lipinski definition) is 2. The minimum atomic E-state index is 0.0123. The maximum atomic E-state index is 13.8. The van der Waals surface area contributed by atoms with Crippen LogP contribution in [-0.2, 0) is 20.6 Å². The Balaban J connectivity index is 1.25. The van der Waals surface area contributed by atoms with Crippen LogP contribution in [0, 0.1) is 24.7 Å². The van der Waals surface area contributed by atoms with Gasteiger partial charge in [0, 0.05) is 56.4 Å². The molecule has 228 valence electrons. The molecule has 2 saturated carbocycles. The summed E-state index contributed by atoms with van der Waals surface area (Å²) >= 11 is 0. The maximum absolute atomic E-state index is 13.8. The van der Waals surface area contributed by atoms with Crippen molar-refractivity contribution in [1.82, 2.24) is 28.8 Å². The Morgan fingerprint density at radius 3 is 2.61 bits per heavy atom. The average molecular weight is 593 g/mol. The molecule has 10 heteroatoms. The number of aryl methyl sites for hydroxylation is 3. The number of aromatic nitrogens is 5. The van der Waals surface area contributed by atoms with Crippen LogP contribution in [-0.4, -0.2) is 60.4 Å². The summed E-state index contributed by atoms with van der Waals surface area (Å²) in [5.74, 6) is 3.22. The fourth-order valence-corrected chi connectivity index (χ4v) is 7.82. The number of nitrogens with two attached hydrogens (primary N) is 1. The Hall–Kier alpha value is -4.31. The zero-order valence-corrected chi connectivity index (χ0v) is 26.0. The Kier molecular flexibility index (Phi) is 6.10. The lowest BCUT2D eigenvalue weighted by atomic mass is 10.1. The molecular weight excluding hydrogens is 552 g/mol. The molecule has 2 aromatic carbocycles. The number of amides is 1. The number of nitrogens with zero attached hydrogens (tertiary/aromatic N) is 6. The van der Waals surface area contributed by atoms with Crippen LogP contribution in [0.4, 0.5) is 11.4 Å². The molecule has 3 fully saturated rings. The molecule has 4 heterocycles. The summed E-state index contributed by atoms with van der Waals surface area (Å²) in [5.41, 5.74) is 13.9. The Bertz CT molecular complexity index is 1950. The molecule has 2 aliphatic carbocycles. The number of para-hydroxylation sites is 1. The van der Waals surface area contributed by atoms with Gasteiger partial charge in [0.1, 0.15) is 11.3 Å². The van der Waals surface area contributed by atoms with Crippen LogP contribution < -0.4 is 15.8 Å². The molecule has 1 saturated heterocycles. The Labute approximate surface area is 256 Å². The first-order chi connectivity index (χ1) is 21.2. The molecule has 0 spiro atoms. The van der Waals surface area contributed by atoms with Gasteiger partial charge in [0.25, 0.3) is 5.91 Å². The number of likely N-dealkylation sites (tertiary alicyclic amines) is 1. The van der Waals surface area contributed by atoms with Crippen molar-refractivity contribution in [3.8, 4) is 17.3 Å². The summed E-state index contributed by atoms with van der Waals surface area (Å²) in [7, 11) is 5.64. The highest BCUT2D eigenvalue weighted by molar-refractivity contribution is 6.01. The first kappa shape index (κ1) is 27.3. The van der Waals surface area contributed by atoms with Crippen LogP contribution in [0.3, 0.4) is 0 Å². The second-order valence-electron chi connectivity index (χ2n) is 13.3. The fourth-order valence-electron chi connectivity index (χ4n) is 7.82. The number of piperidine rings is 1. The predicted octanol–water partition coefficient (Wildman–Crippen LogP) is 5.21. The minimum Gasteiger partial charge on any atom is -0.494 e. The van der Waals surface area contributed by atoms with Crippen molar-refractivity contribution >= 4 is 39.2 Å². The molecule has 2 unspecified atom stereocenters. The van der Waals surface area contributed by atoms with Gasteiger partial charge in [0.2, 0.25) is 0 Å². The number of anilines is 2. The van der Waals surface area contributed by atoms with Gasteiger partial charge in [0.15, 0.2) is 5.82 Å². The number of fused-ring (bicyclic) bond motifs is 4. The maximum Gasteiger partial charge on any atom is 0.254 e. The second kappa shape index (κ2) is 9.85. The number of ether oxygens (including phenoxy) is 1. The highest BCUT2D eigenvalue weighted by Gasteiger charge is 2.47. The highest BCUT2D eigenvalue weighted by Crippen LogP contribution is 2.44. The van der Waals surface area contributed by atoms with Crippen LogP contribution in [0.1, 0.15) is 42.2 Å². The SMILES string of the molecule is COc1cc(C(=O)N2C[C@H]3CC[C@@H]2[C@@H]3N)cc2nc(-c3cc4cccc(Nc5cn(C)nc5C)c4n3CC3CC3C)n(C)c12. The second-order valence-corrected chi connectivity index (χ2v) is 13.3. The number of hydrogen-bond acceptors (Lipinski definition) is 6. The van der Waals surface area contributed by atoms with Gasteiger partial charge in [-0.15, -0.1) is 0 Å². The zero-order valence-electron chi connectivity index (χ0n) is 26.0. The van der Waals surface area contributed by atoms with Crippen LogP contribution in [0.15, 0.2) is 42.6 Å². The van der Waals surface area contributed by atoms with Crippen molar-refractivity contribution in [3.05, 3.63) is 53.9 Å². The zero-order chi connectivity index (χ0) is 30.4. The normalized spacial score (nSPS) is 24.1. The van der Waals surface area contributed by atoms with E-state index in [1.807, 2.05) is 48.9 Å². The number of imidazole rings is 1. The third kappa shape index (κ3) is 4.14. The van der Waals surface area contributed by atoms with E-state index in [0.29, 0.717) is 29.1 Å². The van der Waals surface area contributed by atoms with Crippen LogP contribution in [0.5, 0.6) is 5.75 Å². The first-order valence-electron chi connectivity index (χ1n) is 15.7. The molecule has 44 heavy (non-hydrogen) atoms. The number of methoxy groups -OCH3 is 1. The fraction of sp³-hybridized carbons (Fsp3) is 0.441. The lowest BCUT2D eigenvalue weighted by Crippen LogP contribution is -2.41. The molecule has 8 rings (SSSR count). The molecule has 1 amide bonds. The van der Waals surface area contributed by atoms with Gasteiger partial charge in [-0.1, -0.05) is 19.1 Å². The number of benzene rings is 2. The lowest BCUT2D eigenvalue weighted by molar-refractivity contribution is 0.0700. The Morgan fingerprint density at radius 1 is 1.14 bits per heavy atom. The first-order valence-corrected chi connectivity index (χ1v) is 15.7. The summed E-state index contributed by atoms with van der Waals surface area (Å²) in [6.07, 6.45) is 5.32. The predicted molar refractivity (Wildman–Crippen MR) is 172 cm³/mol. The molecule has 5 aromatic rings. The smallest absolute Gasteiger partial charge is 0.254 e. The summed E-state index contributed by atoms with van der Waals surface area (Å²) < 4.78 is 12.3. The quantitative estimate of drug-likeness (QED) is 0.269. The van der Waals surface area contributed by atoms with Crippen molar-refractivity contribution in [2.75, 3.05) is 19.0 Å². The number of carbonyl (C=O) groups excluding carboxylic acids is 1. The number of carbonyl (C=O) groups is 1.